The van der Waals surface area contributed by atoms with Gasteiger partial charge in [0.2, 0.25) is 0 Å². The number of hydrogen-bond donors (Lipinski definition) is 0. The number of ether oxygens (including phenoxy) is 1. The van der Waals surface area contributed by atoms with Crippen molar-refractivity contribution in [2.75, 3.05) is 20.2 Å². The lowest BCUT2D eigenvalue weighted by atomic mass is 9.98. The van der Waals surface area contributed by atoms with E-state index < -0.39 is 0 Å². The lowest BCUT2D eigenvalue weighted by Crippen LogP contribution is -2.30. The lowest BCUT2D eigenvalue weighted by molar-refractivity contribution is 0.112. The SMILES string of the molecule is CN(CC1=C[N]c2ccccc21)C(=O)OCC1c2ccccc2-c2ccccc21. The van der Waals surface area contributed by atoms with Gasteiger partial charge in [-0.3, -0.25) is 5.32 Å². The maximum Gasteiger partial charge on any atom is 0.409 e. The van der Waals surface area contributed by atoms with Crippen molar-refractivity contribution in [3.63, 3.8) is 0 Å². The zero-order valence-electron chi connectivity index (χ0n) is 16.2. The first kappa shape index (κ1) is 17.6. The molecule has 1 heterocycles. The van der Waals surface area contributed by atoms with Gasteiger partial charge in [0.25, 0.3) is 0 Å². The summed E-state index contributed by atoms with van der Waals surface area (Å²) in [6.45, 7) is 0.800. The Kier molecular flexibility index (Phi) is 4.32. The normalized spacial score (nSPS) is 13.8. The Balaban J connectivity index is 1.28. The van der Waals surface area contributed by atoms with Crippen LogP contribution in [0.4, 0.5) is 10.5 Å². The summed E-state index contributed by atoms with van der Waals surface area (Å²) in [5.41, 5.74) is 7.94. The van der Waals surface area contributed by atoms with Crippen molar-refractivity contribution in [2.45, 2.75) is 5.92 Å². The van der Waals surface area contributed by atoms with E-state index in [9.17, 15) is 4.79 Å². The molecule has 4 heteroatoms. The van der Waals surface area contributed by atoms with Crippen LogP contribution in [0, 0.1) is 0 Å². The molecule has 4 nitrogen and oxygen atoms in total. The molecule has 1 radical (unpaired) electrons. The Labute approximate surface area is 170 Å². The minimum absolute atomic E-state index is 0.0705. The van der Waals surface area contributed by atoms with Gasteiger partial charge in [0.05, 0.1) is 12.2 Å². The molecule has 1 amide bonds. The summed E-state index contributed by atoms with van der Waals surface area (Å²) in [5.74, 6) is 0.0705. The third-order valence-electron chi connectivity index (χ3n) is 5.66. The van der Waals surface area contributed by atoms with Gasteiger partial charge in [0, 0.05) is 24.7 Å². The molecular formula is C25H21N2O2. The number of nitrogens with zero attached hydrogens (tertiary/aromatic N) is 2. The van der Waals surface area contributed by atoms with Gasteiger partial charge in [-0.25, -0.2) is 4.79 Å². The number of carbonyl (C=O) groups excluding carboxylic acids is 1. The largest absolute Gasteiger partial charge is 0.448 e. The van der Waals surface area contributed by atoms with Crippen molar-refractivity contribution in [1.82, 2.24) is 10.2 Å². The highest BCUT2D eigenvalue weighted by Gasteiger charge is 2.29. The van der Waals surface area contributed by atoms with Gasteiger partial charge in [-0.15, -0.1) is 0 Å². The molecule has 3 aromatic rings. The second-order valence-electron chi connectivity index (χ2n) is 7.46. The van der Waals surface area contributed by atoms with Crippen LogP contribution in [-0.2, 0) is 4.74 Å². The Morgan fingerprint density at radius 3 is 2.17 bits per heavy atom. The van der Waals surface area contributed by atoms with Crippen LogP contribution in [0.1, 0.15) is 22.6 Å². The number of amides is 1. The molecule has 0 unspecified atom stereocenters. The van der Waals surface area contributed by atoms with E-state index in [-0.39, 0.29) is 12.0 Å². The van der Waals surface area contributed by atoms with Gasteiger partial charge in [0.15, 0.2) is 0 Å². The molecule has 3 aromatic carbocycles. The fraction of sp³-hybridized carbons (Fsp3) is 0.160. The van der Waals surface area contributed by atoms with Crippen molar-refractivity contribution in [3.05, 3.63) is 95.7 Å². The number of benzene rings is 3. The highest BCUT2D eigenvalue weighted by Crippen LogP contribution is 2.44. The summed E-state index contributed by atoms with van der Waals surface area (Å²) in [6.07, 6.45) is 1.51. The van der Waals surface area contributed by atoms with E-state index in [1.165, 1.54) is 22.3 Å². The van der Waals surface area contributed by atoms with E-state index in [1.54, 1.807) is 11.9 Å². The first-order valence-electron chi connectivity index (χ1n) is 9.78. The van der Waals surface area contributed by atoms with Gasteiger partial charge < -0.3 is 9.64 Å². The van der Waals surface area contributed by atoms with Gasteiger partial charge in [-0.05, 0) is 33.9 Å². The van der Waals surface area contributed by atoms with Gasteiger partial charge >= 0.3 is 6.09 Å². The minimum Gasteiger partial charge on any atom is -0.448 e. The van der Waals surface area contributed by atoms with E-state index in [1.807, 2.05) is 42.6 Å². The van der Waals surface area contributed by atoms with Crippen LogP contribution in [0.15, 0.2) is 79.0 Å². The molecule has 0 atom stereocenters. The summed E-state index contributed by atoms with van der Waals surface area (Å²) in [5, 5.41) is 4.41. The average Bonchev–Trinajstić information content (AvgIpc) is 3.31. The van der Waals surface area contributed by atoms with E-state index in [0.29, 0.717) is 13.2 Å². The van der Waals surface area contributed by atoms with E-state index >= 15 is 0 Å². The minimum atomic E-state index is -0.322. The van der Waals surface area contributed by atoms with E-state index in [4.69, 9.17) is 4.74 Å². The fourth-order valence-electron chi connectivity index (χ4n) is 4.23. The Bertz CT molecular complexity index is 1070. The Hall–Kier alpha value is -3.53. The third kappa shape index (κ3) is 3.07. The standard InChI is InChI=1S/C25H21N2O2/c1-27(15-17-14-26-24-13-7-6-8-18(17)24)25(28)29-16-23-21-11-4-2-9-19(21)20-10-3-5-12-22(20)23/h2-14,23H,15-16H2,1H3. The Morgan fingerprint density at radius 2 is 1.48 bits per heavy atom. The lowest BCUT2D eigenvalue weighted by Gasteiger charge is -2.20. The number of carbonyl (C=O) groups is 1. The van der Waals surface area contributed by atoms with E-state index in [2.05, 4.69) is 41.7 Å². The molecule has 5 rings (SSSR count). The molecule has 0 saturated heterocycles. The van der Waals surface area contributed by atoms with Crippen molar-refractivity contribution in [1.29, 1.82) is 0 Å². The maximum absolute atomic E-state index is 12.7. The second-order valence-corrected chi connectivity index (χ2v) is 7.46. The number of rotatable bonds is 4. The number of likely N-dealkylation sites (N-methyl/N-ethyl adjacent to an activating group) is 1. The van der Waals surface area contributed by atoms with Crippen LogP contribution in [0.2, 0.25) is 0 Å². The molecule has 1 aliphatic carbocycles. The van der Waals surface area contributed by atoms with Crippen molar-refractivity contribution >= 4 is 17.4 Å². The van der Waals surface area contributed by atoms with Crippen molar-refractivity contribution in [2.24, 2.45) is 0 Å². The maximum atomic E-state index is 12.7. The van der Waals surface area contributed by atoms with Crippen LogP contribution in [0.3, 0.4) is 0 Å². The molecule has 0 N–H and O–H groups in total. The van der Waals surface area contributed by atoms with E-state index in [0.717, 1.165) is 16.8 Å². The van der Waals surface area contributed by atoms with Crippen LogP contribution < -0.4 is 5.32 Å². The molecule has 0 fully saturated rings. The Morgan fingerprint density at radius 1 is 0.897 bits per heavy atom. The van der Waals surface area contributed by atoms with Crippen LogP contribution in [0.25, 0.3) is 16.7 Å². The monoisotopic (exact) mass is 381 g/mol. The molecule has 29 heavy (non-hydrogen) atoms. The van der Waals surface area contributed by atoms with Crippen LogP contribution in [-0.4, -0.2) is 31.2 Å². The predicted molar refractivity (Wildman–Crippen MR) is 114 cm³/mol. The number of para-hydroxylation sites is 1. The highest BCUT2D eigenvalue weighted by molar-refractivity contribution is 5.82. The zero-order valence-corrected chi connectivity index (χ0v) is 16.2. The topological polar surface area (TPSA) is 43.6 Å². The summed E-state index contributed by atoms with van der Waals surface area (Å²) in [4.78, 5) is 14.3. The molecule has 2 aliphatic rings. The molecule has 0 aromatic heterocycles. The molecule has 0 bridgehead atoms. The quantitative estimate of drug-likeness (QED) is 0.627. The van der Waals surface area contributed by atoms with Gasteiger partial charge in [-0.1, -0.05) is 66.7 Å². The molecule has 143 valence electrons. The molecule has 1 aliphatic heterocycles. The smallest absolute Gasteiger partial charge is 0.409 e. The summed E-state index contributed by atoms with van der Waals surface area (Å²) in [6, 6.07) is 24.7. The van der Waals surface area contributed by atoms with Gasteiger partial charge in [-0.2, -0.15) is 0 Å². The molecule has 0 saturated carbocycles. The first-order valence-corrected chi connectivity index (χ1v) is 9.78. The molecular weight excluding hydrogens is 360 g/mol. The summed E-state index contributed by atoms with van der Waals surface area (Å²) in [7, 11) is 1.76. The number of hydrogen-bond acceptors (Lipinski definition) is 2. The fourth-order valence-corrected chi connectivity index (χ4v) is 4.23. The highest BCUT2D eigenvalue weighted by atomic mass is 16.6. The average molecular weight is 381 g/mol. The van der Waals surface area contributed by atoms with Crippen LogP contribution >= 0.6 is 0 Å². The van der Waals surface area contributed by atoms with Crippen molar-refractivity contribution in [3.8, 4) is 11.1 Å². The second kappa shape index (κ2) is 7.13. The first-order chi connectivity index (χ1) is 14.2. The third-order valence-corrected chi connectivity index (χ3v) is 5.66. The summed E-state index contributed by atoms with van der Waals surface area (Å²) >= 11 is 0. The molecule has 0 spiro atoms. The van der Waals surface area contributed by atoms with Crippen LogP contribution in [0.5, 0.6) is 0 Å². The number of fused-ring (bicyclic) bond motifs is 4. The summed E-state index contributed by atoms with van der Waals surface area (Å²) < 4.78 is 5.73. The van der Waals surface area contributed by atoms with Gasteiger partial charge in [0.1, 0.15) is 6.61 Å². The predicted octanol–water partition coefficient (Wildman–Crippen LogP) is 5.16. The van der Waals surface area contributed by atoms with Crippen molar-refractivity contribution < 1.29 is 9.53 Å². The zero-order chi connectivity index (χ0) is 19.8.